The van der Waals surface area contributed by atoms with Crippen molar-refractivity contribution in [3.05, 3.63) is 48.0 Å². The quantitative estimate of drug-likeness (QED) is 0.912. The van der Waals surface area contributed by atoms with Gasteiger partial charge in [-0.05, 0) is 43.5 Å². The van der Waals surface area contributed by atoms with Crippen LogP contribution in [0.15, 0.2) is 36.8 Å². The van der Waals surface area contributed by atoms with E-state index < -0.39 is 0 Å². The summed E-state index contributed by atoms with van der Waals surface area (Å²) in [5.74, 6) is 0. The molecule has 2 heterocycles. The van der Waals surface area contributed by atoms with E-state index in [0.29, 0.717) is 6.04 Å². The largest absolute Gasteiger partial charge is 0.309 e. The number of hydrogen-bond donors (Lipinski definition) is 1. The number of nitrogens with zero attached hydrogens (tertiary/aromatic N) is 2. The van der Waals surface area contributed by atoms with E-state index in [2.05, 4.69) is 46.1 Å². The maximum atomic E-state index is 4.34. The van der Waals surface area contributed by atoms with Gasteiger partial charge in [0.25, 0.3) is 0 Å². The first kappa shape index (κ1) is 12.4. The molecule has 3 rings (SSSR count). The lowest BCUT2D eigenvalue weighted by Gasteiger charge is -2.24. The minimum Gasteiger partial charge on any atom is -0.309 e. The fourth-order valence-corrected chi connectivity index (χ4v) is 2.78. The minimum absolute atomic E-state index is 0.446. The summed E-state index contributed by atoms with van der Waals surface area (Å²) in [6.07, 6.45) is 8.80. The summed E-state index contributed by atoms with van der Waals surface area (Å²) in [7, 11) is 0. The summed E-state index contributed by atoms with van der Waals surface area (Å²) >= 11 is 0. The Morgan fingerprint density at radius 1 is 1.26 bits per heavy atom. The van der Waals surface area contributed by atoms with E-state index in [4.69, 9.17) is 0 Å². The van der Waals surface area contributed by atoms with Gasteiger partial charge >= 0.3 is 0 Å². The Balaban J connectivity index is 1.89. The van der Waals surface area contributed by atoms with Crippen LogP contribution in [0.1, 0.15) is 43.5 Å². The monoisotopic (exact) mass is 255 g/mol. The highest BCUT2D eigenvalue weighted by molar-refractivity contribution is 5.37. The standard InChI is InChI=1S/C16H21N3/c1-2-13-6-8-14(9-7-13)19-12-17-11-16(19)15-5-3-4-10-18-15/h6-9,11-12,15,18H,2-5,10H2,1H3. The van der Waals surface area contributed by atoms with Crippen LogP contribution in [0.2, 0.25) is 0 Å². The molecule has 19 heavy (non-hydrogen) atoms. The number of rotatable bonds is 3. The van der Waals surface area contributed by atoms with Crippen molar-refractivity contribution < 1.29 is 0 Å². The van der Waals surface area contributed by atoms with Gasteiger partial charge in [-0.1, -0.05) is 25.5 Å². The molecule has 1 aromatic carbocycles. The van der Waals surface area contributed by atoms with Gasteiger partial charge in [0.15, 0.2) is 0 Å². The Labute approximate surface area is 114 Å². The van der Waals surface area contributed by atoms with Crippen molar-refractivity contribution >= 4 is 0 Å². The van der Waals surface area contributed by atoms with Crippen LogP contribution in [0.25, 0.3) is 5.69 Å². The second kappa shape index (κ2) is 5.57. The van der Waals surface area contributed by atoms with Crippen LogP contribution in [-0.4, -0.2) is 16.1 Å². The SMILES string of the molecule is CCc1ccc(-n2cncc2C2CCCCN2)cc1. The highest BCUT2D eigenvalue weighted by atomic mass is 15.1. The average Bonchev–Trinajstić information content (AvgIpc) is 2.98. The molecule has 1 aliphatic heterocycles. The molecule has 1 atom stereocenters. The second-order valence-corrected chi connectivity index (χ2v) is 5.21. The first-order chi connectivity index (χ1) is 9.38. The smallest absolute Gasteiger partial charge is 0.0994 e. The zero-order valence-electron chi connectivity index (χ0n) is 11.5. The Morgan fingerprint density at radius 2 is 2.11 bits per heavy atom. The maximum Gasteiger partial charge on any atom is 0.0994 e. The summed E-state index contributed by atoms with van der Waals surface area (Å²) in [4.78, 5) is 4.34. The molecule has 0 radical (unpaired) electrons. The van der Waals surface area contributed by atoms with Gasteiger partial charge in [0.05, 0.1) is 18.2 Å². The van der Waals surface area contributed by atoms with Gasteiger partial charge in [-0.25, -0.2) is 4.98 Å². The highest BCUT2D eigenvalue weighted by Crippen LogP contribution is 2.25. The summed E-state index contributed by atoms with van der Waals surface area (Å²) in [6, 6.07) is 9.22. The van der Waals surface area contributed by atoms with Gasteiger partial charge < -0.3 is 9.88 Å². The molecule has 0 amide bonds. The molecule has 1 saturated heterocycles. The van der Waals surface area contributed by atoms with Crippen molar-refractivity contribution in [1.82, 2.24) is 14.9 Å². The predicted octanol–water partition coefficient (Wildman–Crippen LogP) is 3.25. The van der Waals surface area contributed by atoms with Crippen LogP contribution in [0.4, 0.5) is 0 Å². The van der Waals surface area contributed by atoms with Crippen LogP contribution >= 0.6 is 0 Å². The molecule has 3 heteroatoms. The van der Waals surface area contributed by atoms with Gasteiger partial charge in [-0.15, -0.1) is 0 Å². The molecule has 0 saturated carbocycles. The molecule has 0 bridgehead atoms. The van der Waals surface area contributed by atoms with Crippen LogP contribution in [0.5, 0.6) is 0 Å². The van der Waals surface area contributed by atoms with E-state index in [0.717, 1.165) is 13.0 Å². The van der Waals surface area contributed by atoms with Crippen LogP contribution in [0.3, 0.4) is 0 Å². The summed E-state index contributed by atoms with van der Waals surface area (Å²) in [5, 5.41) is 3.59. The fourth-order valence-electron chi connectivity index (χ4n) is 2.78. The molecule has 1 fully saturated rings. The fraction of sp³-hybridized carbons (Fsp3) is 0.438. The third-order valence-electron chi connectivity index (χ3n) is 3.96. The lowest BCUT2D eigenvalue weighted by molar-refractivity contribution is 0.402. The molecule has 100 valence electrons. The van der Waals surface area contributed by atoms with Gasteiger partial charge in [0.1, 0.15) is 0 Å². The Hall–Kier alpha value is -1.61. The average molecular weight is 255 g/mol. The molecule has 1 unspecified atom stereocenters. The number of aryl methyl sites for hydroxylation is 1. The summed E-state index contributed by atoms with van der Waals surface area (Å²) in [5.41, 5.74) is 3.86. The molecule has 1 aromatic heterocycles. The zero-order valence-corrected chi connectivity index (χ0v) is 11.5. The van der Waals surface area contributed by atoms with E-state index in [1.165, 1.54) is 36.2 Å². The topological polar surface area (TPSA) is 29.9 Å². The van der Waals surface area contributed by atoms with Crippen molar-refractivity contribution in [1.29, 1.82) is 0 Å². The third-order valence-corrected chi connectivity index (χ3v) is 3.96. The predicted molar refractivity (Wildman–Crippen MR) is 77.5 cm³/mol. The highest BCUT2D eigenvalue weighted by Gasteiger charge is 2.18. The maximum absolute atomic E-state index is 4.34. The number of hydrogen-bond acceptors (Lipinski definition) is 2. The van der Waals surface area contributed by atoms with Gasteiger partial charge in [-0.2, -0.15) is 0 Å². The second-order valence-electron chi connectivity index (χ2n) is 5.21. The minimum atomic E-state index is 0.446. The molecule has 3 nitrogen and oxygen atoms in total. The van der Waals surface area contributed by atoms with Crippen molar-refractivity contribution in [3.63, 3.8) is 0 Å². The lowest BCUT2D eigenvalue weighted by Crippen LogP contribution is -2.28. The van der Waals surface area contributed by atoms with Crippen molar-refractivity contribution in [2.45, 2.75) is 38.6 Å². The summed E-state index contributed by atoms with van der Waals surface area (Å²) < 4.78 is 2.21. The van der Waals surface area contributed by atoms with E-state index in [-0.39, 0.29) is 0 Å². The van der Waals surface area contributed by atoms with E-state index in [1.54, 1.807) is 0 Å². The van der Waals surface area contributed by atoms with Crippen LogP contribution in [-0.2, 0) is 6.42 Å². The van der Waals surface area contributed by atoms with Crippen molar-refractivity contribution in [3.8, 4) is 5.69 Å². The van der Waals surface area contributed by atoms with Gasteiger partial charge in [0, 0.05) is 11.7 Å². The van der Waals surface area contributed by atoms with Crippen molar-refractivity contribution in [2.75, 3.05) is 6.54 Å². The third kappa shape index (κ3) is 2.56. The molecule has 0 spiro atoms. The molecule has 1 aliphatic rings. The van der Waals surface area contributed by atoms with Crippen LogP contribution < -0.4 is 5.32 Å². The molecule has 2 aromatic rings. The van der Waals surface area contributed by atoms with Gasteiger partial charge in [-0.3, -0.25) is 0 Å². The molecule has 1 N–H and O–H groups in total. The number of benzene rings is 1. The lowest BCUT2D eigenvalue weighted by atomic mass is 10.0. The Kier molecular flexibility index (Phi) is 3.65. The van der Waals surface area contributed by atoms with Crippen LogP contribution in [0, 0.1) is 0 Å². The number of piperidine rings is 1. The Morgan fingerprint density at radius 3 is 2.79 bits per heavy atom. The number of imidazole rings is 1. The first-order valence-corrected chi connectivity index (χ1v) is 7.23. The number of aromatic nitrogens is 2. The van der Waals surface area contributed by atoms with E-state index in [9.17, 15) is 0 Å². The molecular weight excluding hydrogens is 234 g/mol. The van der Waals surface area contributed by atoms with Crippen molar-refractivity contribution in [2.24, 2.45) is 0 Å². The normalized spacial score (nSPS) is 19.5. The van der Waals surface area contributed by atoms with E-state index in [1.807, 2.05) is 12.5 Å². The summed E-state index contributed by atoms with van der Waals surface area (Å²) in [6.45, 7) is 3.30. The van der Waals surface area contributed by atoms with E-state index >= 15 is 0 Å². The first-order valence-electron chi connectivity index (χ1n) is 7.23. The molecule has 0 aliphatic carbocycles. The number of nitrogens with one attached hydrogen (secondary N) is 1. The zero-order chi connectivity index (χ0) is 13.1. The van der Waals surface area contributed by atoms with Gasteiger partial charge in [0.2, 0.25) is 0 Å². The Bertz CT molecular complexity index is 521. The molecular formula is C16H21N3.